The smallest absolute Gasteiger partial charge is 0.242 e. The number of sulfonamides is 1. The Morgan fingerprint density at radius 2 is 1.94 bits per heavy atom. The van der Waals surface area contributed by atoms with E-state index in [1.807, 2.05) is 17.0 Å². The van der Waals surface area contributed by atoms with E-state index in [1.165, 1.54) is 9.87 Å². The quantitative estimate of drug-likeness (QED) is 0.730. The van der Waals surface area contributed by atoms with Crippen LogP contribution in [0.15, 0.2) is 41.3 Å². The summed E-state index contributed by atoms with van der Waals surface area (Å²) >= 11 is 0. The summed E-state index contributed by atoms with van der Waals surface area (Å²) in [5, 5.41) is 10.6. The van der Waals surface area contributed by atoms with Crippen molar-refractivity contribution in [3.8, 4) is 5.75 Å². The molecule has 0 aromatic heterocycles. The Balaban J connectivity index is 1.39. The average Bonchev–Trinajstić information content (AvgIpc) is 3.28. The lowest BCUT2D eigenvalue weighted by Crippen LogP contribution is -2.65. The molecule has 1 amide bonds. The Labute approximate surface area is 197 Å². The van der Waals surface area contributed by atoms with Crippen molar-refractivity contribution < 1.29 is 18.3 Å². The Kier molecular flexibility index (Phi) is 5.29. The minimum Gasteiger partial charge on any atom is -0.508 e. The first kappa shape index (κ1) is 22.7. The molecule has 2 bridgehead atoms. The van der Waals surface area contributed by atoms with Gasteiger partial charge in [-0.1, -0.05) is 45.1 Å². The summed E-state index contributed by atoms with van der Waals surface area (Å²) in [6.07, 6.45) is 8.97. The fourth-order valence-electron chi connectivity index (χ4n) is 6.50. The molecule has 3 atom stereocenters. The number of phenols is 1. The number of piperidine rings is 1. The molecule has 5 rings (SSSR count). The van der Waals surface area contributed by atoms with Crippen LogP contribution in [0.2, 0.25) is 0 Å². The summed E-state index contributed by atoms with van der Waals surface area (Å²) in [5.41, 5.74) is 1.85. The number of fused-ring (bicyclic) bond motifs is 4. The van der Waals surface area contributed by atoms with E-state index in [1.54, 1.807) is 18.2 Å². The van der Waals surface area contributed by atoms with Crippen LogP contribution in [0.4, 0.5) is 0 Å². The summed E-state index contributed by atoms with van der Waals surface area (Å²) < 4.78 is 27.6. The van der Waals surface area contributed by atoms with Crippen molar-refractivity contribution >= 4 is 15.9 Å². The third-order valence-corrected chi connectivity index (χ3v) is 10.9. The zero-order chi connectivity index (χ0) is 23.6. The highest BCUT2D eigenvalue weighted by molar-refractivity contribution is 7.93. The van der Waals surface area contributed by atoms with Gasteiger partial charge >= 0.3 is 0 Å². The van der Waals surface area contributed by atoms with Gasteiger partial charge in [0.2, 0.25) is 15.9 Å². The van der Waals surface area contributed by atoms with E-state index in [-0.39, 0.29) is 35.2 Å². The summed E-state index contributed by atoms with van der Waals surface area (Å²) in [7, 11) is -3.55. The van der Waals surface area contributed by atoms with E-state index in [9.17, 15) is 18.3 Å². The lowest BCUT2D eigenvalue weighted by Gasteiger charge is -2.61. The molecule has 0 radical (unpaired) electrons. The number of benzene rings is 1. The predicted molar refractivity (Wildman–Crippen MR) is 128 cm³/mol. The fourth-order valence-corrected chi connectivity index (χ4v) is 8.12. The summed E-state index contributed by atoms with van der Waals surface area (Å²) in [5.74, 6) is 0.0409. The van der Waals surface area contributed by atoms with Crippen LogP contribution < -0.4 is 0 Å². The van der Waals surface area contributed by atoms with Crippen molar-refractivity contribution in [3.63, 3.8) is 0 Å². The van der Waals surface area contributed by atoms with Gasteiger partial charge in [-0.3, -0.25) is 4.79 Å². The Hall–Kier alpha value is -2.12. The Morgan fingerprint density at radius 1 is 1.15 bits per heavy atom. The van der Waals surface area contributed by atoms with Crippen LogP contribution in [0.25, 0.3) is 0 Å². The minimum atomic E-state index is -3.55. The fraction of sp³-hybridized carbons (Fsp3) is 0.577. The zero-order valence-corrected chi connectivity index (χ0v) is 20.6. The third kappa shape index (κ3) is 3.30. The molecule has 0 saturated carbocycles. The Bertz CT molecular complexity index is 1150. The lowest BCUT2D eigenvalue weighted by atomic mass is 9.51. The van der Waals surface area contributed by atoms with E-state index in [0.717, 1.165) is 24.8 Å². The number of carbonyl (C=O) groups is 1. The molecule has 2 heterocycles. The molecule has 2 saturated heterocycles. The predicted octanol–water partition coefficient (Wildman–Crippen LogP) is 3.72. The van der Waals surface area contributed by atoms with Crippen molar-refractivity contribution in [1.29, 1.82) is 0 Å². The number of amides is 1. The minimum absolute atomic E-state index is 0.0285. The lowest BCUT2D eigenvalue weighted by molar-refractivity contribution is -0.147. The van der Waals surface area contributed by atoms with Gasteiger partial charge in [-0.15, -0.1) is 0 Å². The van der Waals surface area contributed by atoms with Crippen LogP contribution in [0.3, 0.4) is 0 Å². The highest BCUT2D eigenvalue weighted by atomic mass is 32.2. The van der Waals surface area contributed by atoms with E-state index in [0.29, 0.717) is 36.6 Å². The van der Waals surface area contributed by atoms with Crippen molar-refractivity contribution in [2.75, 3.05) is 19.6 Å². The van der Waals surface area contributed by atoms with Crippen molar-refractivity contribution in [3.05, 3.63) is 52.5 Å². The van der Waals surface area contributed by atoms with Crippen molar-refractivity contribution in [2.45, 2.75) is 64.3 Å². The standard InChI is InChI=1S/C26H34N2O4S/c1-25(2)23-16-20-21(10-7-11-22(20)29)26(25,3)13-15-28(23)24(30)18-12-14-27(17-18)33(31,32)19-8-5-4-6-9-19/h5,7-11,18,23,29H,4,6,12-17H2,1-3H3/t18?,23-,26+/m1/s1. The maximum absolute atomic E-state index is 13.8. The maximum Gasteiger partial charge on any atom is 0.242 e. The third-order valence-electron chi connectivity index (χ3n) is 9.01. The van der Waals surface area contributed by atoms with Crippen LogP contribution in [-0.2, 0) is 26.7 Å². The van der Waals surface area contributed by atoms with Gasteiger partial charge in [0.25, 0.3) is 0 Å². The number of phenolic OH excluding ortho intramolecular Hbond substituents is 1. The first-order valence-corrected chi connectivity index (χ1v) is 13.5. The van der Waals surface area contributed by atoms with Gasteiger partial charge in [0, 0.05) is 31.1 Å². The molecule has 1 aromatic rings. The molecule has 1 N–H and O–H groups in total. The zero-order valence-electron chi connectivity index (χ0n) is 19.8. The number of likely N-dealkylation sites (tertiary alicyclic amines) is 1. The number of nitrogens with zero attached hydrogens (tertiary/aromatic N) is 2. The van der Waals surface area contributed by atoms with E-state index in [2.05, 4.69) is 26.8 Å². The molecule has 178 valence electrons. The highest BCUT2D eigenvalue weighted by Gasteiger charge is 2.58. The second kappa shape index (κ2) is 7.70. The number of aromatic hydroxyl groups is 1. The van der Waals surface area contributed by atoms with Gasteiger partial charge in [0.05, 0.1) is 10.8 Å². The van der Waals surface area contributed by atoms with Gasteiger partial charge in [0.15, 0.2) is 0 Å². The molecule has 2 fully saturated rings. The molecule has 33 heavy (non-hydrogen) atoms. The van der Waals surface area contributed by atoms with Gasteiger partial charge in [-0.25, -0.2) is 8.42 Å². The van der Waals surface area contributed by atoms with Crippen LogP contribution in [0.5, 0.6) is 5.75 Å². The largest absolute Gasteiger partial charge is 0.508 e. The average molecular weight is 471 g/mol. The number of allylic oxidation sites excluding steroid dienone is 3. The SMILES string of the molecule is CC1(C)[C@H]2Cc3c(O)cccc3[C@]1(C)CCN2C(=O)C1CCN(S(=O)(=O)C2=CCCC=C2)C1. The van der Waals surface area contributed by atoms with E-state index >= 15 is 0 Å². The molecule has 2 aliphatic carbocycles. The molecule has 2 aliphatic heterocycles. The summed E-state index contributed by atoms with van der Waals surface area (Å²) in [6, 6.07) is 5.74. The molecule has 7 heteroatoms. The number of carbonyl (C=O) groups excluding carboxylic acids is 1. The van der Waals surface area contributed by atoms with Crippen LogP contribution in [0, 0.1) is 11.3 Å². The highest BCUT2D eigenvalue weighted by Crippen LogP contribution is 2.57. The summed E-state index contributed by atoms with van der Waals surface area (Å²) in [6.45, 7) is 8.02. The van der Waals surface area contributed by atoms with Gasteiger partial charge < -0.3 is 10.0 Å². The topological polar surface area (TPSA) is 77.9 Å². The molecular formula is C26H34N2O4S. The van der Waals surface area contributed by atoms with Crippen molar-refractivity contribution in [1.82, 2.24) is 9.21 Å². The van der Waals surface area contributed by atoms with Gasteiger partial charge in [-0.2, -0.15) is 4.31 Å². The molecule has 6 nitrogen and oxygen atoms in total. The van der Waals surface area contributed by atoms with Gasteiger partial charge in [-0.05, 0) is 60.8 Å². The van der Waals surface area contributed by atoms with Crippen LogP contribution in [0.1, 0.15) is 57.6 Å². The van der Waals surface area contributed by atoms with Gasteiger partial charge in [0.1, 0.15) is 5.75 Å². The van der Waals surface area contributed by atoms with Crippen molar-refractivity contribution in [2.24, 2.45) is 11.3 Å². The van der Waals surface area contributed by atoms with E-state index < -0.39 is 10.0 Å². The van der Waals surface area contributed by atoms with E-state index in [4.69, 9.17) is 0 Å². The normalized spacial score (nSPS) is 31.2. The molecular weight excluding hydrogens is 436 g/mol. The number of hydrogen-bond donors (Lipinski definition) is 1. The maximum atomic E-state index is 13.8. The second-order valence-corrected chi connectivity index (χ2v) is 12.7. The molecule has 1 aromatic carbocycles. The monoisotopic (exact) mass is 470 g/mol. The first-order valence-electron chi connectivity index (χ1n) is 12.1. The number of hydrogen-bond acceptors (Lipinski definition) is 4. The second-order valence-electron chi connectivity index (χ2n) is 10.8. The summed E-state index contributed by atoms with van der Waals surface area (Å²) in [4.78, 5) is 16.1. The first-order chi connectivity index (χ1) is 15.6. The van der Waals surface area contributed by atoms with Crippen LogP contribution >= 0.6 is 0 Å². The molecule has 0 spiro atoms. The Morgan fingerprint density at radius 3 is 2.67 bits per heavy atom. The van der Waals surface area contributed by atoms with Crippen LogP contribution in [-0.4, -0.2) is 54.3 Å². The number of rotatable bonds is 3. The molecule has 1 unspecified atom stereocenters. The molecule has 4 aliphatic rings.